The normalized spacial score (nSPS) is 19.2. The maximum Gasteiger partial charge on any atom is 0.242 e. The Kier molecular flexibility index (Phi) is 4.33. The first-order chi connectivity index (χ1) is 7.38. The van der Waals surface area contributed by atoms with Crippen molar-refractivity contribution in [3.8, 4) is 0 Å². The second kappa shape index (κ2) is 5.15. The van der Waals surface area contributed by atoms with E-state index in [1.54, 1.807) is 0 Å². The summed E-state index contributed by atoms with van der Waals surface area (Å²) < 4.78 is 0. The lowest BCUT2D eigenvalue weighted by Crippen LogP contribution is -2.58. The summed E-state index contributed by atoms with van der Waals surface area (Å²) >= 11 is 0. The molecule has 1 fully saturated rings. The van der Waals surface area contributed by atoms with Gasteiger partial charge in [0.05, 0.1) is 5.54 Å². The molecule has 0 aliphatic carbocycles. The lowest BCUT2D eigenvalue weighted by Gasteiger charge is -2.40. The minimum Gasteiger partial charge on any atom is -0.339 e. The number of carbonyl (C=O) groups excluding carboxylic acids is 1. The van der Waals surface area contributed by atoms with E-state index in [2.05, 4.69) is 24.1 Å². The van der Waals surface area contributed by atoms with Gasteiger partial charge in [-0.05, 0) is 34.7 Å². The van der Waals surface area contributed by atoms with E-state index in [9.17, 15) is 4.79 Å². The van der Waals surface area contributed by atoms with Crippen LogP contribution in [0.5, 0.6) is 0 Å². The number of rotatable bonds is 3. The zero-order valence-corrected chi connectivity index (χ0v) is 11.2. The number of nitrogens with zero attached hydrogens (tertiary/aromatic N) is 2. The van der Waals surface area contributed by atoms with E-state index in [-0.39, 0.29) is 5.91 Å². The molecular weight excluding hydrogens is 202 g/mol. The van der Waals surface area contributed by atoms with Gasteiger partial charge in [0.2, 0.25) is 5.91 Å². The quantitative estimate of drug-likeness (QED) is 0.764. The van der Waals surface area contributed by atoms with Gasteiger partial charge < -0.3 is 10.2 Å². The van der Waals surface area contributed by atoms with E-state index >= 15 is 0 Å². The van der Waals surface area contributed by atoms with Gasteiger partial charge in [-0.3, -0.25) is 9.69 Å². The summed E-state index contributed by atoms with van der Waals surface area (Å²) in [6.07, 6.45) is 0. The van der Waals surface area contributed by atoms with Crippen LogP contribution in [-0.2, 0) is 4.79 Å². The second-order valence-electron chi connectivity index (χ2n) is 5.30. The molecule has 1 heterocycles. The SMILES string of the molecule is CNC(C)(C)C(=O)N1CCN(C(C)C)CC1. The lowest BCUT2D eigenvalue weighted by atomic mass is 10.0. The molecule has 16 heavy (non-hydrogen) atoms. The van der Waals surface area contributed by atoms with Gasteiger partial charge in [-0.1, -0.05) is 0 Å². The Bertz CT molecular complexity index is 243. The van der Waals surface area contributed by atoms with Gasteiger partial charge in [-0.15, -0.1) is 0 Å². The van der Waals surface area contributed by atoms with E-state index < -0.39 is 5.54 Å². The molecule has 1 aliphatic heterocycles. The summed E-state index contributed by atoms with van der Waals surface area (Å²) in [6, 6.07) is 0.578. The Hall–Kier alpha value is -0.610. The van der Waals surface area contributed by atoms with Crippen LogP contribution in [0.25, 0.3) is 0 Å². The first kappa shape index (κ1) is 13.5. The van der Waals surface area contributed by atoms with Crippen molar-refractivity contribution in [2.24, 2.45) is 0 Å². The zero-order valence-electron chi connectivity index (χ0n) is 11.2. The highest BCUT2D eigenvalue weighted by Gasteiger charge is 2.32. The fourth-order valence-corrected chi connectivity index (χ4v) is 1.94. The van der Waals surface area contributed by atoms with E-state index in [1.165, 1.54) is 0 Å². The van der Waals surface area contributed by atoms with Crippen LogP contribution in [0.3, 0.4) is 0 Å². The molecule has 4 heteroatoms. The van der Waals surface area contributed by atoms with Gasteiger partial charge in [0.1, 0.15) is 0 Å². The van der Waals surface area contributed by atoms with Crippen LogP contribution in [0, 0.1) is 0 Å². The van der Waals surface area contributed by atoms with Crippen molar-refractivity contribution >= 4 is 5.91 Å². The smallest absolute Gasteiger partial charge is 0.242 e. The third-order valence-corrected chi connectivity index (χ3v) is 3.49. The highest BCUT2D eigenvalue weighted by molar-refractivity contribution is 5.85. The number of hydrogen-bond donors (Lipinski definition) is 1. The molecule has 1 rings (SSSR count). The fraction of sp³-hybridized carbons (Fsp3) is 0.917. The van der Waals surface area contributed by atoms with Crippen LogP contribution in [-0.4, -0.2) is 60.5 Å². The summed E-state index contributed by atoms with van der Waals surface area (Å²) in [5, 5.41) is 3.07. The van der Waals surface area contributed by atoms with Crippen LogP contribution >= 0.6 is 0 Å². The largest absolute Gasteiger partial charge is 0.339 e. The predicted octanol–water partition coefficient (Wildman–Crippen LogP) is 0.537. The molecule has 1 N–H and O–H groups in total. The molecule has 0 aromatic carbocycles. The molecule has 94 valence electrons. The molecule has 1 amide bonds. The van der Waals surface area contributed by atoms with Crippen molar-refractivity contribution in [2.75, 3.05) is 33.2 Å². The van der Waals surface area contributed by atoms with Gasteiger partial charge in [0.25, 0.3) is 0 Å². The monoisotopic (exact) mass is 227 g/mol. The van der Waals surface area contributed by atoms with Crippen LogP contribution < -0.4 is 5.32 Å². The van der Waals surface area contributed by atoms with Crippen LogP contribution in [0.2, 0.25) is 0 Å². The summed E-state index contributed by atoms with van der Waals surface area (Å²) in [5.41, 5.74) is -0.444. The molecule has 0 bridgehead atoms. The Morgan fingerprint density at radius 2 is 1.69 bits per heavy atom. The minimum absolute atomic E-state index is 0.207. The molecule has 0 spiro atoms. The van der Waals surface area contributed by atoms with E-state index in [1.807, 2.05) is 25.8 Å². The van der Waals surface area contributed by atoms with Crippen LogP contribution in [0.4, 0.5) is 0 Å². The van der Waals surface area contributed by atoms with Gasteiger partial charge in [0, 0.05) is 32.2 Å². The predicted molar refractivity (Wildman–Crippen MR) is 66.4 cm³/mol. The lowest BCUT2D eigenvalue weighted by molar-refractivity contribution is -0.138. The molecule has 1 aliphatic rings. The highest BCUT2D eigenvalue weighted by atomic mass is 16.2. The number of carbonyl (C=O) groups is 1. The maximum absolute atomic E-state index is 12.2. The number of hydrogen-bond acceptors (Lipinski definition) is 3. The minimum atomic E-state index is -0.444. The first-order valence-corrected chi connectivity index (χ1v) is 6.11. The number of amides is 1. The Morgan fingerprint density at radius 1 is 1.19 bits per heavy atom. The van der Waals surface area contributed by atoms with Crippen molar-refractivity contribution < 1.29 is 4.79 Å². The van der Waals surface area contributed by atoms with Crippen molar-refractivity contribution in [1.29, 1.82) is 0 Å². The van der Waals surface area contributed by atoms with Gasteiger partial charge in [0.15, 0.2) is 0 Å². The molecule has 0 aromatic heterocycles. The Balaban J connectivity index is 2.51. The molecule has 0 aromatic rings. The Morgan fingerprint density at radius 3 is 2.06 bits per heavy atom. The Labute approximate surface area is 99.0 Å². The van der Waals surface area contributed by atoms with Crippen molar-refractivity contribution in [3.63, 3.8) is 0 Å². The van der Waals surface area contributed by atoms with Crippen molar-refractivity contribution in [3.05, 3.63) is 0 Å². The van der Waals surface area contributed by atoms with E-state index in [0.29, 0.717) is 6.04 Å². The third-order valence-electron chi connectivity index (χ3n) is 3.49. The van der Waals surface area contributed by atoms with E-state index in [4.69, 9.17) is 0 Å². The van der Waals surface area contributed by atoms with Crippen molar-refractivity contribution in [1.82, 2.24) is 15.1 Å². The highest BCUT2D eigenvalue weighted by Crippen LogP contribution is 2.11. The number of likely N-dealkylation sites (N-methyl/N-ethyl adjacent to an activating group) is 1. The molecule has 0 radical (unpaired) electrons. The van der Waals surface area contributed by atoms with Crippen molar-refractivity contribution in [2.45, 2.75) is 39.3 Å². The van der Waals surface area contributed by atoms with Crippen LogP contribution in [0.1, 0.15) is 27.7 Å². The molecule has 0 saturated carbocycles. The first-order valence-electron chi connectivity index (χ1n) is 6.11. The van der Waals surface area contributed by atoms with Gasteiger partial charge >= 0.3 is 0 Å². The molecule has 0 unspecified atom stereocenters. The molecule has 4 nitrogen and oxygen atoms in total. The van der Waals surface area contributed by atoms with Crippen LogP contribution in [0.15, 0.2) is 0 Å². The summed E-state index contributed by atoms with van der Waals surface area (Å²) in [7, 11) is 1.84. The molecular formula is C12H25N3O. The average Bonchev–Trinajstić information content (AvgIpc) is 2.28. The average molecular weight is 227 g/mol. The fourth-order valence-electron chi connectivity index (χ4n) is 1.94. The second-order valence-corrected chi connectivity index (χ2v) is 5.30. The van der Waals surface area contributed by atoms with Gasteiger partial charge in [-0.25, -0.2) is 0 Å². The van der Waals surface area contributed by atoms with E-state index in [0.717, 1.165) is 26.2 Å². The number of piperazine rings is 1. The molecule has 0 atom stereocenters. The van der Waals surface area contributed by atoms with Gasteiger partial charge in [-0.2, -0.15) is 0 Å². The summed E-state index contributed by atoms with van der Waals surface area (Å²) in [6.45, 7) is 12.0. The summed E-state index contributed by atoms with van der Waals surface area (Å²) in [4.78, 5) is 16.6. The topological polar surface area (TPSA) is 35.6 Å². The standard InChI is InChI=1S/C12H25N3O/c1-10(2)14-6-8-15(9-7-14)11(16)12(3,4)13-5/h10,13H,6-9H2,1-5H3. The third kappa shape index (κ3) is 2.95. The zero-order chi connectivity index (χ0) is 12.3. The maximum atomic E-state index is 12.2. The number of nitrogens with one attached hydrogen (secondary N) is 1. The summed E-state index contributed by atoms with van der Waals surface area (Å²) in [5.74, 6) is 0.207. The molecule has 1 saturated heterocycles.